The van der Waals surface area contributed by atoms with E-state index in [1.165, 1.54) is 0 Å². The van der Waals surface area contributed by atoms with Crippen LogP contribution in [0.4, 0.5) is 5.69 Å². The molecule has 3 rings (SSSR count). The zero-order valence-corrected chi connectivity index (χ0v) is 16.5. The van der Waals surface area contributed by atoms with E-state index in [9.17, 15) is 4.79 Å². The van der Waals surface area contributed by atoms with E-state index in [2.05, 4.69) is 13.8 Å². The first kappa shape index (κ1) is 17.3. The van der Waals surface area contributed by atoms with Crippen LogP contribution in [-0.4, -0.2) is 12.5 Å². The Morgan fingerprint density at radius 2 is 2.12 bits per heavy atom. The third-order valence-electron chi connectivity index (χ3n) is 4.07. The summed E-state index contributed by atoms with van der Waals surface area (Å²) < 4.78 is 6.53. The molecule has 1 aliphatic rings. The van der Waals surface area contributed by atoms with E-state index >= 15 is 0 Å². The first-order valence-corrected chi connectivity index (χ1v) is 10.3. The molecule has 3 nitrogen and oxygen atoms in total. The van der Waals surface area contributed by atoms with Crippen molar-refractivity contribution in [1.29, 1.82) is 0 Å². The normalized spacial score (nSPS) is 15.2. The number of ether oxygens (including phenoxy) is 1. The average Bonchev–Trinajstić information content (AvgIpc) is 2.91. The highest BCUT2D eigenvalue weighted by Gasteiger charge is 2.42. The lowest BCUT2D eigenvalue weighted by Gasteiger charge is -2.42. The van der Waals surface area contributed by atoms with Gasteiger partial charge < -0.3 is 4.74 Å². The van der Waals surface area contributed by atoms with E-state index in [4.69, 9.17) is 17.0 Å². The van der Waals surface area contributed by atoms with Gasteiger partial charge in [-0.3, -0.25) is 9.69 Å². The summed E-state index contributed by atoms with van der Waals surface area (Å²) >= 11 is 5.59. The zero-order valence-electron chi connectivity index (χ0n) is 14.1. The summed E-state index contributed by atoms with van der Waals surface area (Å²) in [5.74, 6) is 0.772. The lowest BCUT2D eigenvalue weighted by Crippen LogP contribution is -2.47. The van der Waals surface area contributed by atoms with Gasteiger partial charge in [0.2, 0.25) is 0 Å². The van der Waals surface area contributed by atoms with Gasteiger partial charge in [0, 0.05) is 11.1 Å². The fraction of sp³-hybridized carbons (Fsp3) is 0.333. The molecule has 0 fully saturated rings. The van der Waals surface area contributed by atoms with Gasteiger partial charge in [0.1, 0.15) is 9.57 Å². The average molecular weight is 378 g/mol. The fourth-order valence-electron chi connectivity index (χ4n) is 3.08. The first-order chi connectivity index (χ1) is 11.4. The summed E-state index contributed by atoms with van der Waals surface area (Å²) in [4.78, 5) is 15.8. The van der Waals surface area contributed by atoms with Crippen LogP contribution in [0.25, 0.3) is 11.1 Å². The highest BCUT2D eigenvalue weighted by molar-refractivity contribution is 7.80. The molecule has 1 aromatic carbocycles. The van der Waals surface area contributed by atoms with Gasteiger partial charge >= 0.3 is 0 Å². The maximum absolute atomic E-state index is 12.8. The number of carbonyl (C=O) groups is 1. The van der Waals surface area contributed by atoms with Gasteiger partial charge in [-0.1, -0.05) is 39.0 Å². The summed E-state index contributed by atoms with van der Waals surface area (Å²) in [5, 5.41) is 0. The lowest BCUT2D eigenvalue weighted by molar-refractivity contribution is -0.115. The molecule has 6 heteroatoms. The van der Waals surface area contributed by atoms with Gasteiger partial charge in [-0.05, 0) is 52.0 Å². The van der Waals surface area contributed by atoms with Gasteiger partial charge in [0.25, 0.3) is 5.91 Å². The largest absolute Gasteiger partial charge is 0.494 e. The topological polar surface area (TPSA) is 29.5 Å². The van der Waals surface area contributed by atoms with Gasteiger partial charge in [-0.15, -0.1) is 0 Å². The van der Waals surface area contributed by atoms with E-state index in [0.717, 1.165) is 31.3 Å². The molecule has 0 N–H and O–H groups in total. The Hall–Kier alpha value is -1.50. The van der Waals surface area contributed by atoms with Gasteiger partial charge in [0.15, 0.2) is 0 Å². The molecule has 0 aliphatic carbocycles. The van der Waals surface area contributed by atoms with Crippen LogP contribution < -0.4 is 9.64 Å². The van der Waals surface area contributed by atoms with Crippen LogP contribution in [0, 0.1) is 3.82 Å². The molecule has 2 aromatic rings. The van der Waals surface area contributed by atoms with E-state index in [1.54, 1.807) is 32.8 Å². The monoisotopic (exact) mass is 377 g/mol. The van der Waals surface area contributed by atoms with E-state index in [0.29, 0.717) is 6.61 Å². The molecule has 0 saturated carbocycles. The van der Waals surface area contributed by atoms with E-state index < -0.39 is 5.54 Å². The zero-order chi connectivity index (χ0) is 17.5. The Labute approximate surface area is 154 Å². The Kier molecular flexibility index (Phi) is 4.64. The van der Waals surface area contributed by atoms with Crippen LogP contribution in [0.2, 0.25) is 0 Å². The number of carbonyl (C=O) groups excluding carboxylic acids is 1. The molecule has 1 aromatic heterocycles. The minimum Gasteiger partial charge on any atom is -0.494 e. The highest BCUT2D eigenvalue weighted by atomic mass is 32.9. The first-order valence-electron chi connectivity index (χ1n) is 7.79. The third-order valence-corrected chi connectivity index (χ3v) is 7.40. The number of rotatable bonds is 3. The maximum Gasteiger partial charge on any atom is 0.251 e. The van der Waals surface area contributed by atoms with Crippen molar-refractivity contribution in [2.75, 3.05) is 11.5 Å². The third kappa shape index (κ3) is 2.62. The quantitative estimate of drug-likeness (QED) is 0.387. The van der Waals surface area contributed by atoms with Crippen LogP contribution >= 0.6 is 32.9 Å². The second kappa shape index (κ2) is 6.43. The Morgan fingerprint density at radius 3 is 2.79 bits per heavy atom. The number of allylic oxidation sites excluding steroid dienone is 1. The number of fused-ring (bicyclic) bond motifs is 3. The van der Waals surface area contributed by atoms with Crippen molar-refractivity contribution in [3.8, 4) is 16.9 Å². The molecule has 126 valence electrons. The van der Waals surface area contributed by atoms with Crippen LogP contribution in [0.3, 0.4) is 0 Å². The summed E-state index contributed by atoms with van der Waals surface area (Å²) in [6, 6.07) is 5.87. The van der Waals surface area contributed by atoms with E-state index in [1.807, 2.05) is 36.9 Å². The summed E-state index contributed by atoms with van der Waals surface area (Å²) in [6.07, 6.45) is 3.39. The minimum atomic E-state index is -0.440. The van der Waals surface area contributed by atoms with Crippen molar-refractivity contribution in [1.82, 2.24) is 0 Å². The van der Waals surface area contributed by atoms with Crippen LogP contribution in [0.5, 0.6) is 5.75 Å². The number of hydrogen-bond donors (Lipinski definition) is 0. The molecular weight excluding hydrogens is 358 g/mol. The van der Waals surface area contributed by atoms with Crippen LogP contribution in [0.1, 0.15) is 32.6 Å². The molecule has 1 amide bonds. The number of anilines is 1. The lowest BCUT2D eigenvalue weighted by atomic mass is 9.87. The van der Waals surface area contributed by atoms with Crippen molar-refractivity contribution >= 4 is 44.5 Å². The number of nitrogens with zero attached hydrogens (tertiary/aromatic N) is 1. The molecule has 0 bridgehead atoms. The molecule has 0 atom stereocenters. The predicted molar refractivity (Wildman–Crippen MR) is 105 cm³/mol. The molecule has 2 heterocycles. The van der Waals surface area contributed by atoms with Crippen molar-refractivity contribution in [3.05, 3.63) is 39.1 Å². The van der Waals surface area contributed by atoms with Crippen molar-refractivity contribution in [3.63, 3.8) is 0 Å². The van der Waals surface area contributed by atoms with Crippen LogP contribution in [-0.2, 0) is 10.3 Å². The smallest absolute Gasteiger partial charge is 0.251 e. The summed E-state index contributed by atoms with van der Waals surface area (Å²) in [6.45, 7) is 8.57. The molecule has 0 radical (unpaired) electrons. The number of benzene rings is 1. The molecule has 24 heavy (non-hydrogen) atoms. The summed E-state index contributed by atoms with van der Waals surface area (Å²) in [7, 11) is 3.25. The van der Waals surface area contributed by atoms with Gasteiger partial charge in [0.05, 0.1) is 22.7 Å². The fourth-order valence-corrected chi connectivity index (χ4v) is 6.36. The minimum absolute atomic E-state index is 0.0251. The number of amides is 1. The maximum atomic E-state index is 12.8. The standard InChI is InChI=1S/C18H19NO2S3/c1-5-7-14(20)19-13-9-8-11(21-6-2)10-12(13)15-16(18(19,3)4)23-24-17(15)22/h5,7-10H,6H2,1-4H3. The Bertz CT molecular complexity index is 877. The SMILES string of the molecule is CC=CC(=O)N1c2ccc(OCC)cc2-c2c(ssc2=S)C1(C)C. The van der Waals surface area contributed by atoms with Crippen LogP contribution in [0.15, 0.2) is 30.4 Å². The Morgan fingerprint density at radius 1 is 1.38 bits per heavy atom. The molecule has 0 saturated heterocycles. The number of hydrogen-bond acceptors (Lipinski definition) is 5. The summed E-state index contributed by atoms with van der Waals surface area (Å²) in [5.41, 5.74) is 2.50. The molecule has 0 unspecified atom stereocenters. The van der Waals surface area contributed by atoms with Crippen molar-refractivity contribution < 1.29 is 9.53 Å². The second-order valence-corrected chi connectivity index (χ2v) is 8.82. The molecule has 1 aliphatic heterocycles. The second-order valence-electron chi connectivity index (χ2n) is 6.00. The van der Waals surface area contributed by atoms with Crippen molar-refractivity contribution in [2.45, 2.75) is 33.2 Å². The predicted octanol–water partition coefficient (Wildman–Crippen LogP) is 5.76. The van der Waals surface area contributed by atoms with E-state index in [-0.39, 0.29) is 5.91 Å². The van der Waals surface area contributed by atoms with Gasteiger partial charge in [-0.2, -0.15) is 0 Å². The van der Waals surface area contributed by atoms with Crippen molar-refractivity contribution in [2.24, 2.45) is 0 Å². The Balaban J connectivity index is 2.30. The highest BCUT2D eigenvalue weighted by Crippen LogP contribution is 2.52. The molecule has 0 spiro atoms. The van der Waals surface area contributed by atoms with Gasteiger partial charge in [-0.25, -0.2) is 0 Å². The molecular formula is C18H19NO2S3.